The molecule has 21 nitrogen and oxygen atoms in total. The van der Waals surface area contributed by atoms with Gasteiger partial charge in [-0.05, 0) is 22.3 Å². The maximum Gasteiger partial charge on any atom is 2.00 e. The van der Waals surface area contributed by atoms with Crippen LogP contribution in [0.1, 0.15) is 22.3 Å². The summed E-state index contributed by atoms with van der Waals surface area (Å²) < 4.78 is 0. The van der Waals surface area contributed by atoms with E-state index in [9.17, 15) is 39.6 Å². The van der Waals surface area contributed by atoms with E-state index in [4.69, 9.17) is 0 Å². The second-order valence-electron chi connectivity index (χ2n) is 12.3. The van der Waals surface area contributed by atoms with Crippen molar-refractivity contribution in [3.63, 3.8) is 0 Å². The Morgan fingerprint density at radius 3 is 0.587 bits per heavy atom. The molecule has 0 aliphatic carbocycles. The molecule has 0 atom stereocenters. The number of benzene rings is 4. The van der Waals surface area contributed by atoms with Crippen molar-refractivity contribution in [2.45, 2.75) is 26.2 Å². The maximum absolute atomic E-state index is 11.0. The number of carbonyl (C=O) groups excluding carboxylic acids is 4. The van der Waals surface area contributed by atoms with Crippen LogP contribution in [0, 0.1) is 0 Å². The fourth-order valence-electron chi connectivity index (χ4n) is 5.52. The van der Waals surface area contributed by atoms with Crippen LogP contribution in [0.5, 0.6) is 0 Å². The largest absolute Gasteiger partial charge is 2.00 e. The van der Waals surface area contributed by atoms with Gasteiger partial charge in [-0.2, -0.15) is 0 Å². The van der Waals surface area contributed by atoms with Gasteiger partial charge < -0.3 is 88.9 Å². The fraction of sp³-hybridized carbons (Fsp3) is 0.300. The summed E-state index contributed by atoms with van der Waals surface area (Å²) in [6.45, 7) is 2.62. The predicted molar refractivity (Wildman–Crippen MR) is 224 cm³/mol. The summed E-state index contributed by atoms with van der Waals surface area (Å²) in [4.78, 5) is 51.1. The molecule has 0 saturated carbocycles. The Kier molecular flexibility index (Phi) is 58.1. The van der Waals surface area contributed by atoms with Crippen molar-refractivity contribution in [2.24, 2.45) is 0 Å². The average molecular weight is 1100 g/mol. The van der Waals surface area contributed by atoms with Gasteiger partial charge in [-0.25, -0.2) is 0 Å². The molecule has 0 fully saturated rings. The molecule has 0 unspecified atom stereocenters. The normalized spacial score (nSPS) is 9.08. The molecular weight excluding hydrogens is 1030 g/mol. The molecule has 22 N–H and O–H groups in total. The Labute approximate surface area is 406 Å². The molecule has 23 heteroatoms. The standard InChI is InChI=1S/2C20H24N2O4.2Cd.9H2O/c2*23-19(24)15-21(13-17-7-3-1-4-8-17)11-12-22(16-20(25)26)14-18-9-5-2-6-10-18;;;;;;;;;;;/h2*1-10H,11-16H2,(H,23,24)(H,25,26);;;9*1H2/q;;2*+2;;;;;;;;;. The van der Waals surface area contributed by atoms with Gasteiger partial charge in [0.05, 0.1) is 23.9 Å². The zero-order valence-corrected chi connectivity index (χ0v) is 43.4. The minimum Gasteiger partial charge on any atom is -0.549 e. The molecule has 63 heavy (non-hydrogen) atoms. The van der Waals surface area contributed by atoms with Gasteiger partial charge in [-0.3, -0.25) is 19.6 Å². The van der Waals surface area contributed by atoms with Crippen LogP contribution in [-0.2, 0) is 122 Å². The Hall–Kier alpha value is -3.92. The van der Waals surface area contributed by atoms with Gasteiger partial charge in [0, 0.05) is 78.5 Å². The smallest absolute Gasteiger partial charge is 0.549 e. The third kappa shape index (κ3) is 37.2. The molecule has 348 valence electrons. The predicted octanol–water partition coefficient (Wildman–Crippen LogP) is -8.83. The summed E-state index contributed by atoms with van der Waals surface area (Å²) >= 11 is 0. The second kappa shape index (κ2) is 46.1. The number of nitrogens with zero attached hydrogens (tertiary/aromatic N) is 4. The number of carbonyl (C=O) groups is 4. The average Bonchev–Trinajstić information content (AvgIpc) is 3.10. The Morgan fingerprint density at radius 1 is 0.317 bits per heavy atom. The van der Waals surface area contributed by atoms with Crippen LogP contribution in [-0.4, -0.2) is 123 Å². The van der Waals surface area contributed by atoms with E-state index in [-0.39, 0.29) is 130 Å². The molecule has 4 rings (SSSR count). The summed E-state index contributed by atoms with van der Waals surface area (Å²) in [5.41, 5.74) is 3.96. The second-order valence-corrected chi connectivity index (χ2v) is 12.3. The van der Waals surface area contributed by atoms with Gasteiger partial charge in [-0.1, -0.05) is 121 Å². The zero-order chi connectivity index (χ0) is 37.6. The van der Waals surface area contributed by atoms with Crippen LogP contribution in [0.3, 0.4) is 0 Å². The molecule has 0 heterocycles. The summed E-state index contributed by atoms with van der Waals surface area (Å²) in [6.07, 6.45) is 0. The van der Waals surface area contributed by atoms with Crippen molar-refractivity contribution in [1.29, 1.82) is 0 Å². The van der Waals surface area contributed by atoms with E-state index >= 15 is 0 Å². The molecule has 0 aromatic heterocycles. The van der Waals surface area contributed by atoms with Crippen molar-refractivity contribution in [3.8, 4) is 0 Å². The number of aliphatic carboxylic acids is 4. The number of carboxylic acids is 4. The molecule has 0 radical (unpaired) electrons. The first-order chi connectivity index (χ1) is 25.0. The Morgan fingerprint density at radius 2 is 0.460 bits per heavy atom. The third-order valence-corrected chi connectivity index (χ3v) is 7.87. The van der Waals surface area contributed by atoms with E-state index in [0.29, 0.717) is 52.4 Å². The van der Waals surface area contributed by atoms with Crippen LogP contribution in [0.4, 0.5) is 0 Å². The van der Waals surface area contributed by atoms with Gasteiger partial charge in [0.1, 0.15) is 0 Å². The van der Waals surface area contributed by atoms with Crippen LogP contribution < -0.4 is 20.4 Å². The first-order valence-corrected chi connectivity index (χ1v) is 16.9. The van der Waals surface area contributed by atoms with Gasteiger partial charge in [0.15, 0.2) is 0 Å². The summed E-state index contributed by atoms with van der Waals surface area (Å²) in [7, 11) is 0. The van der Waals surface area contributed by atoms with Crippen LogP contribution in [0.15, 0.2) is 121 Å². The first-order valence-electron chi connectivity index (χ1n) is 16.9. The molecule has 0 saturated heterocycles. The third-order valence-electron chi connectivity index (χ3n) is 7.87. The Balaban J connectivity index is -0.000000113. The van der Waals surface area contributed by atoms with E-state index in [0.717, 1.165) is 22.3 Å². The molecule has 0 aliphatic heterocycles. The summed E-state index contributed by atoms with van der Waals surface area (Å²) in [6, 6.07) is 38.1. The van der Waals surface area contributed by atoms with Crippen LogP contribution in [0.2, 0.25) is 0 Å². The Bertz CT molecular complexity index is 1420. The molecule has 0 amide bonds. The van der Waals surface area contributed by atoms with E-state index < -0.39 is 23.9 Å². The van der Waals surface area contributed by atoms with Gasteiger partial charge in [0.25, 0.3) is 0 Å². The monoisotopic (exact) mass is 1100 g/mol. The number of rotatable bonds is 22. The van der Waals surface area contributed by atoms with Crippen LogP contribution in [0.25, 0.3) is 0 Å². The molecular formula is C40H66Cd2N4O17+4. The van der Waals surface area contributed by atoms with Crippen molar-refractivity contribution in [3.05, 3.63) is 144 Å². The van der Waals surface area contributed by atoms with Gasteiger partial charge in [0.2, 0.25) is 0 Å². The number of hydrogen-bond donors (Lipinski definition) is 0. The topological polar surface area (TPSA) is 463 Å². The van der Waals surface area contributed by atoms with Crippen LogP contribution >= 0.6 is 0 Å². The fourth-order valence-corrected chi connectivity index (χ4v) is 5.52. The molecule has 0 bridgehead atoms. The first kappa shape index (κ1) is 79.5. The molecule has 4 aromatic carbocycles. The van der Waals surface area contributed by atoms with Gasteiger partial charge in [-0.15, -0.1) is 0 Å². The molecule has 0 aliphatic rings. The van der Waals surface area contributed by atoms with E-state index in [1.54, 1.807) is 19.6 Å². The SMILES string of the molecule is O.O.O.O.O.O=C([O-])CN(CCN(CC(=O)[O-])Cc1ccccc1)Cc1ccccc1.O=C([O-])CN(CCN(CC(=O)[O-])Cc1ccccc1)Cc1ccccc1.[Cd+2].[Cd+2].[OH3+].[OH3+].[OH3+].[OH3+]. The number of hydrogen-bond acceptors (Lipinski definition) is 12. The summed E-state index contributed by atoms with van der Waals surface area (Å²) in [5, 5.41) is 44.2. The molecule has 4 aromatic rings. The van der Waals surface area contributed by atoms with E-state index in [1.165, 1.54) is 0 Å². The van der Waals surface area contributed by atoms with Gasteiger partial charge >= 0.3 is 54.6 Å². The van der Waals surface area contributed by atoms with Crippen molar-refractivity contribution < 1.29 is 143 Å². The zero-order valence-electron chi connectivity index (χ0n) is 35.3. The van der Waals surface area contributed by atoms with Crippen molar-refractivity contribution >= 4 is 23.9 Å². The van der Waals surface area contributed by atoms with E-state index in [1.807, 2.05) is 121 Å². The maximum atomic E-state index is 11.0. The minimum atomic E-state index is -1.16. The van der Waals surface area contributed by atoms with Crippen molar-refractivity contribution in [2.75, 3.05) is 52.4 Å². The van der Waals surface area contributed by atoms with E-state index in [2.05, 4.69) is 0 Å². The molecule has 0 spiro atoms. The minimum absolute atomic E-state index is 0. The quantitative estimate of drug-likeness (QED) is 0.0523. The number of carboxylic acid groups (broad SMARTS) is 4. The summed E-state index contributed by atoms with van der Waals surface area (Å²) in [5.74, 6) is -4.63. The van der Waals surface area contributed by atoms with Crippen molar-refractivity contribution in [1.82, 2.24) is 19.6 Å².